The lowest BCUT2D eigenvalue weighted by atomic mass is 10.3. The highest BCUT2D eigenvalue weighted by Gasteiger charge is 2.05. The Morgan fingerprint density at radius 3 is 3.06 bits per heavy atom. The van der Waals surface area contributed by atoms with Crippen molar-refractivity contribution in [3.05, 3.63) is 42.5 Å². The molecule has 0 aromatic carbocycles. The van der Waals surface area contributed by atoms with E-state index in [9.17, 15) is 4.79 Å². The molecule has 2 heterocycles. The van der Waals surface area contributed by atoms with Crippen LogP contribution in [0.15, 0.2) is 41.7 Å². The summed E-state index contributed by atoms with van der Waals surface area (Å²) in [6.45, 7) is 0.794. The number of hydrogen-bond donors (Lipinski definition) is 1. The Labute approximate surface area is 102 Å². The van der Waals surface area contributed by atoms with Crippen molar-refractivity contribution < 1.29 is 9.90 Å². The zero-order chi connectivity index (χ0) is 12.1. The van der Waals surface area contributed by atoms with Gasteiger partial charge in [0.05, 0.1) is 6.54 Å². The predicted octanol–water partition coefficient (Wildman–Crippen LogP) is 1.77. The Bertz CT molecular complexity index is 499. The highest BCUT2D eigenvalue weighted by atomic mass is 32.2. The van der Waals surface area contributed by atoms with Gasteiger partial charge in [0.25, 0.3) is 0 Å². The lowest BCUT2D eigenvalue weighted by Crippen LogP contribution is -2.01. The minimum Gasteiger partial charge on any atom is -0.477 e. The summed E-state index contributed by atoms with van der Waals surface area (Å²) < 4.78 is 1.84. The molecule has 2 aromatic rings. The van der Waals surface area contributed by atoms with Gasteiger partial charge in [-0.1, -0.05) is 0 Å². The van der Waals surface area contributed by atoms with Gasteiger partial charge in [-0.15, -0.1) is 11.8 Å². The fourth-order valence-corrected chi connectivity index (χ4v) is 2.17. The predicted molar refractivity (Wildman–Crippen MR) is 64.1 cm³/mol. The van der Waals surface area contributed by atoms with Gasteiger partial charge in [-0.3, -0.25) is 4.68 Å². The van der Waals surface area contributed by atoms with Crippen molar-refractivity contribution in [3.8, 4) is 0 Å². The standard InChI is InChI=1S/C11H11N3O2S/c15-11(16)10-8-9(2-4-12-10)17-7-6-14-5-1-3-13-14/h1-5,8H,6-7H2,(H,15,16). The van der Waals surface area contributed by atoms with E-state index in [1.807, 2.05) is 16.9 Å². The van der Waals surface area contributed by atoms with Crippen LogP contribution in [-0.4, -0.2) is 31.6 Å². The number of carboxylic acids is 1. The van der Waals surface area contributed by atoms with Crippen LogP contribution < -0.4 is 0 Å². The highest BCUT2D eigenvalue weighted by molar-refractivity contribution is 7.99. The number of hydrogen-bond acceptors (Lipinski definition) is 4. The van der Waals surface area contributed by atoms with Gasteiger partial charge in [-0.25, -0.2) is 9.78 Å². The molecule has 17 heavy (non-hydrogen) atoms. The largest absolute Gasteiger partial charge is 0.477 e. The molecular weight excluding hydrogens is 238 g/mol. The van der Waals surface area contributed by atoms with Crippen LogP contribution >= 0.6 is 11.8 Å². The van der Waals surface area contributed by atoms with Crippen molar-refractivity contribution >= 4 is 17.7 Å². The van der Waals surface area contributed by atoms with E-state index in [2.05, 4.69) is 10.1 Å². The van der Waals surface area contributed by atoms with Crippen molar-refractivity contribution in [1.29, 1.82) is 0 Å². The second-order valence-electron chi connectivity index (χ2n) is 3.30. The van der Waals surface area contributed by atoms with Crippen LogP contribution in [0.5, 0.6) is 0 Å². The van der Waals surface area contributed by atoms with E-state index < -0.39 is 5.97 Å². The van der Waals surface area contributed by atoms with Crippen molar-refractivity contribution in [2.24, 2.45) is 0 Å². The van der Waals surface area contributed by atoms with Crippen LogP contribution in [0.1, 0.15) is 10.5 Å². The van der Waals surface area contributed by atoms with Gasteiger partial charge in [0.1, 0.15) is 5.69 Å². The van der Waals surface area contributed by atoms with Gasteiger partial charge >= 0.3 is 5.97 Å². The molecule has 1 N–H and O–H groups in total. The minimum absolute atomic E-state index is 0.0779. The Kier molecular flexibility index (Phi) is 3.77. The Hall–Kier alpha value is -1.82. The fourth-order valence-electron chi connectivity index (χ4n) is 1.31. The molecule has 0 aliphatic rings. The average Bonchev–Trinajstić information content (AvgIpc) is 2.82. The molecule has 88 valence electrons. The Morgan fingerprint density at radius 2 is 2.35 bits per heavy atom. The van der Waals surface area contributed by atoms with Crippen LogP contribution in [0.3, 0.4) is 0 Å². The zero-order valence-corrected chi connectivity index (χ0v) is 9.80. The zero-order valence-electron chi connectivity index (χ0n) is 8.98. The highest BCUT2D eigenvalue weighted by Crippen LogP contribution is 2.18. The van der Waals surface area contributed by atoms with Gasteiger partial charge in [-0.05, 0) is 18.2 Å². The molecule has 0 fully saturated rings. The molecule has 0 amide bonds. The summed E-state index contributed by atoms with van der Waals surface area (Å²) in [6.07, 6.45) is 5.15. The Balaban J connectivity index is 1.90. The molecule has 2 aromatic heterocycles. The topological polar surface area (TPSA) is 68.0 Å². The lowest BCUT2D eigenvalue weighted by molar-refractivity contribution is 0.0690. The third-order valence-corrected chi connectivity index (χ3v) is 3.07. The van der Waals surface area contributed by atoms with Crippen molar-refractivity contribution in [2.75, 3.05) is 5.75 Å². The molecule has 0 aliphatic heterocycles. The molecule has 0 bridgehead atoms. The molecule has 0 atom stereocenters. The summed E-state index contributed by atoms with van der Waals surface area (Å²) in [4.78, 5) is 15.4. The van der Waals surface area contributed by atoms with Gasteiger partial charge in [0.15, 0.2) is 0 Å². The number of carbonyl (C=O) groups is 1. The van der Waals surface area contributed by atoms with E-state index in [1.54, 1.807) is 30.1 Å². The van der Waals surface area contributed by atoms with Crippen LogP contribution in [0.25, 0.3) is 0 Å². The van der Waals surface area contributed by atoms with Crippen molar-refractivity contribution in [1.82, 2.24) is 14.8 Å². The molecule has 0 aliphatic carbocycles. The summed E-state index contributed by atoms with van der Waals surface area (Å²) in [5, 5.41) is 12.9. The van der Waals surface area contributed by atoms with E-state index >= 15 is 0 Å². The Morgan fingerprint density at radius 1 is 1.47 bits per heavy atom. The van der Waals surface area contributed by atoms with Gasteiger partial charge in [-0.2, -0.15) is 5.10 Å². The quantitative estimate of drug-likeness (QED) is 0.818. The van der Waals surface area contributed by atoms with Gasteiger partial charge in [0.2, 0.25) is 0 Å². The second kappa shape index (κ2) is 5.49. The summed E-state index contributed by atoms with van der Waals surface area (Å²) in [6, 6.07) is 5.26. The minimum atomic E-state index is -1.00. The third kappa shape index (κ3) is 3.32. The van der Waals surface area contributed by atoms with Gasteiger partial charge in [0, 0.05) is 29.2 Å². The lowest BCUT2D eigenvalue weighted by Gasteiger charge is -2.02. The van der Waals surface area contributed by atoms with E-state index in [4.69, 9.17) is 5.11 Å². The van der Waals surface area contributed by atoms with Gasteiger partial charge < -0.3 is 5.11 Å². The maximum atomic E-state index is 10.7. The first kappa shape index (κ1) is 11.7. The summed E-state index contributed by atoms with van der Waals surface area (Å²) in [5.41, 5.74) is 0.0779. The average molecular weight is 249 g/mol. The number of rotatable bonds is 5. The number of aromatic carboxylic acids is 1. The maximum Gasteiger partial charge on any atom is 0.354 e. The fraction of sp³-hybridized carbons (Fsp3) is 0.182. The first-order valence-electron chi connectivity index (χ1n) is 5.05. The number of carboxylic acid groups (broad SMARTS) is 1. The van der Waals surface area contributed by atoms with Crippen LogP contribution in [0.2, 0.25) is 0 Å². The number of aryl methyl sites for hydroxylation is 1. The SMILES string of the molecule is O=C(O)c1cc(SCCn2cccn2)ccn1. The van der Waals surface area contributed by atoms with E-state index in [1.165, 1.54) is 6.20 Å². The number of pyridine rings is 1. The molecule has 0 spiro atoms. The summed E-state index contributed by atoms with van der Waals surface area (Å²) in [5.74, 6) is -0.162. The number of aromatic nitrogens is 3. The molecule has 6 heteroatoms. The van der Waals surface area contributed by atoms with E-state index in [0.29, 0.717) is 0 Å². The van der Waals surface area contributed by atoms with E-state index in [0.717, 1.165) is 17.2 Å². The molecule has 0 saturated carbocycles. The number of nitrogens with zero attached hydrogens (tertiary/aromatic N) is 3. The molecule has 0 radical (unpaired) electrons. The first-order valence-corrected chi connectivity index (χ1v) is 6.04. The smallest absolute Gasteiger partial charge is 0.354 e. The summed E-state index contributed by atoms with van der Waals surface area (Å²) in [7, 11) is 0. The van der Waals surface area contributed by atoms with Crippen LogP contribution in [0, 0.1) is 0 Å². The van der Waals surface area contributed by atoms with Crippen molar-refractivity contribution in [2.45, 2.75) is 11.4 Å². The van der Waals surface area contributed by atoms with Crippen LogP contribution in [0.4, 0.5) is 0 Å². The second-order valence-corrected chi connectivity index (χ2v) is 4.47. The molecule has 5 nitrogen and oxygen atoms in total. The summed E-state index contributed by atoms with van der Waals surface area (Å²) >= 11 is 1.59. The van der Waals surface area contributed by atoms with Crippen LogP contribution in [-0.2, 0) is 6.54 Å². The van der Waals surface area contributed by atoms with Crippen molar-refractivity contribution in [3.63, 3.8) is 0 Å². The molecule has 2 rings (SSSR count). The third-order valence-electron chi connectivity index (χ3n) is 2.10. The molecule has 0 unspecified atom stereocenters. The first-order chi connectivity index (χ1) is 8.25. The normalized spacial score (nSPS) is 10.4. The maximum absolute atomic E-state index is 10.7. The monoisotopic (exact) mass is 249 g/mol. The van der Waals surface area contributed by atoms with E-state index in [-0.39, 0.29) is 5.69 Å². The molecular formula is C11H11N3O2S. The molecule has 0 saturated heterocycles. The number of thioether (sulfide) groups is 1.